The molecule has 7 rings (SSSR count). The fraction of sp³-hybridized carbons (Fsp3) is 0.333. The molecule has 1 unspecified atom stereocenters. The van der Waals surface area contributed by atoms with E-state index in [2.05, 4.69) is 38.2 Å². The van der Waals surface area contributed by atoms with Crippen molar-refractivity contribution in [3.63, 3.8) is 0 Å². The Morgan fingerprint density at radius 2 is 1.79 bits per heavy atom. The molecule has 1 spiro atoms. The lowest BCUT2D eigenvalue weighted by molar-refractivity contribution is -0.132. The second-order valence-electron chi connectivity index (χ2n) is 13.0. The molecule has 240 valence electrons. The van der Waals surface area contributed by atoms with Gasteiger partial charge in [-0.15, -0.1) is 0 Å². The van der Waals surface area contributed by atoms with Gasteiger partial charge in [-0.1, -0.05) is 30.3 Å². The van der Waals surface area contributed by atoms with E-state index in [1.807, 2.05) is 66.2 Å². The predicted molar refractivity (Wildman–Crippen MR) is 181 cm³/mol. The maximum atomic E-state index is 13.9. The van der Waals surface area contributed by atoms with Gasteiger partial charge in [0.25, 0.3) is 0 Å². The molecule has 1 atom stereocenters. The molecule has 0 aliphatic carbocycles. The lowest BCUT2D eigenvalue weighted by Crippen LogP contribution is -2.43. The SMILES string of the molecule is Cc1cc(C(=[NH2+])c2cc(N3CCC4(CCN(CC(=O)N5CC=C(c6ccc(-c7ncn(C)n7)cc6)CC5)C4)C3=O)ccc2N)ccn1. The number of nitrogens with two attached hydrogens (primary N) is 2. The van der Waals surface area contributed by atoms with Crippen LogP contribution in [0.3, 0.4) is 0 Å². The van der Waals surface area contributed by atoms with Crippen LogP contribution in [0.1, 0.15) is 41.6 Å². The summed E-state index contributed by atoms with van der Waals surface area (Å²) >= 11 is 0. The third-order valence-electron chi connectivity index (χ3n) is 9.83. The first-order chi connectivity index (χ1) is 22.7. The number of aryl methyl sites for hydroxylation is 2. The van der Waals surface area contributed by atoms with Crippen molar-refractivity contribution < 1.29 is 15.0 Å². The third kappa shape index (κ3) is 5.94. The molecule has 0 radical (unpaired) electrons. The van der Waals surface area contributed by atoms with E-state index in [1.54, 1.807) is 17.2 Å². The highest BCUT2D eigenvalue weighted by Gasteiger charge is 2.51. The highest BCUT2D eigenvalue weighted by atomic mass is 16.2. The van der Waals surface area contributed by atoms with Gasteiger partial charge in [0.2, 0.25) is 17.5 Å². The van der Waals surface area contributed by atoms with E-state index < -0.39 is 5.41 Å². The van der Waals surface area contributed by atoms with Crippen molar-refractivity contribution in [2.24, 2.45) is 12.5 Å². The number of rotatable bonds is 7. The average Bonchev–Trinajstić information content (AvgIpc) is 3.80. The van der Waals surface area contributed by atoms with Gasteiger partial charge in [0, 0.05) is 67.6 Å². The Labute approximate surface area is 274 Å². The number of carbonyl (C=O) groups excluding carboxylic acids is 2. The molecule has 11 heteroatoms. The van der Waals surface area contributed by atoms with E-state index in [1.165, 1.54) is 5.57 Å². The van der Waals surface area contributed by atoms with Gasteiger partial charge in [-0.2, -0.15) is 5.10 Å². The standard InChI is InChI=1S/C36H39N9O2/c1-24-19-28(9-14-39-24)33(38)30-20-29(7-8-31(30)37)45-18-13-36(35(45)47)12-17-43(22-36)21-32(46)44-15-10-26(11-16-44)25-3-5-27(6-4-25)34-40-23-42(2)41-34/h3-10,14,19-20,23,38H,11-13,15-18,21-22,37H2,1-2H3/p+1. The molecular formula is C36H40N9O2+. The van der Waals surface area contributed by atoms with E-state index in [0.29, 0.717) is 55.5 Å². The zero-order chi connectivity index (χ0) is 32.7. The molecule has 5 heterocycles. The van der Waals surface area contributed by atoms with Crippen molar-refractivity contribution in [2.45, 2.75) is 26.2 Å². The maximum Gasteiger partial charge on any atom is 0.237 e. The minimum Gasteiger partial charge on any atom is -0.398 e. The number of benzene rings is 2. The summed E-state index contributed by atoms with van der Waals surface area (Å²) in [6, 6.07) is 17.7. The second kappa shape index (κ2) is 12.2. The highest BCUT2D eigenvalue weighted by molar-refractivity contribution is 6.13. The lowest BCUT2D eigenvalue weighted by atomic mass is 9.85. The Kier molecular flexibility index (Phi) is 7.93. The van der Waals surface area contributed by atoms with Crippen LogP contribution in [0.2, 0.25) is 0 Å². The molecule has 11 nitrogen and oxygen atoms in total. The van der Waals surface area contributed by atoms with Crippen LogP contribution in [0.4, 0.5) is 11.4 Å². The largest absolute Gasteiger partial charge is 0.398 e. The molecule has 0 saturated carbocycles. The molecule has 3 aliphatic heterocycles. The first kappa shape index (κ1) is 30.5. The van der Waals surface area contributed by atoms with Crippen LogP contribution >= 0.6 is 0 Å². The summed E-state index contributed by atoms with van der Waals surface area (Å²) in [5, 5.41) is 10.9. The average molecular weight is 631 g/mol. The molecule has 4 N–H and O–H groups in total. The Morgan fingerprint density at radius 1 is 1.00 bits per heavy atom. The predicted octanol–water partition coefficient (Wildman–Crippen LogP) is 2.11. The van der Waals surface area contributed by atoms with Crippen LogP contribution in [0.25, 0.3) is 17.0 Å². The van der Waals surface area contributed by atoms with Crippen LogP contribution in [-0.4, -0.2) is 86.3 Å². The molecule has 2 saturated heterocycles. The minimum atomic E-state index is -0.481. The van der Waals surface area contributed by atoms with E-state index in [0.717, 1.165) is 53.9 Å². The summed E-state index contributed by atoms with van der Waals surface area (Å²) in [6.45, 7) is 5.45. The van der Waals surface area contributed by atoms with Gasteiger partial charge in [-0.25, -0.2) is 4.98 Å². The smallest absolute Gasteiger partial charge is 0.237 e. The summed E-state index contributed by atoms with van der Waals surface area (Å²) in [6.07, 6.45) is 7.88. The fourth-order valence-corrected chi connectivity index (χ4v) is 7.11. The van der Waals surface area contributed by atoms with Crippen molar-refractivity contribution in [1.82, 2.24) is 29.5 Å². The zero-order valence-electron chi connectivity index (χ0n) is 26.9. The monoisotopic (exact) mass is 630 g/mol. The van der Waals surface area contributed by atoms with E-state index in [4.69, 9.17) is 11.1 Å². The first-order valence-corrected chi connectivity index (χ1v) is 16.1. The van der Waals surface area contributed by atoms with Crippen molar-refractivity contribution in [3.05, 3.63) is 95.6 Å². The molecular weight excluding hydrogens is 590 g/mol. The molecule has 0 bridgehead atoms. The zero-order valence-corrected chi connectivity index (χ0v) is 26.9. The van der Waals surface area contributed by atoms with Crippen LogP contribution in [-0.2, 0) is 16.6 Å². The number of anilines is 2. The summed E-state index contributed by atoms with van der Waals surface area (Å²) in [5.41, 5.74) is 13.5. The topological polar surface area (TPSA) is 139 Å². The first-order valence-electron chi connectivity index (χ1n) is 16.1. The van der Waals surface area contributed by atoms with Gasteiger partial charge in [-0.3, -0.25) is 29.6 Å². The summed E-state index contributed by atoms with van der Waals surface area (Å²) in [7, 11) is 1.86. The van der Waals surface area contributed by atoms with Crippen LogP contribution in [0.5, 0.6) is 0 Å². The number of hydrogen-bond acceptors (Lipinski definition) is 7. The van der Waals surface area contributed by atoms with E-state index >= 15 is 0 Å². The van der Waals surface area contributed by atoms with Gasteiger partial charge in [0.05, 0.1) is 17.5 Å². The second-order valence-corrected chi connectivity index (χ2v) is 13.0. The Morgan fingerprint density at radius 3 is 2.51 bits per heavy atom. The number of aromatic nitrogens is 4. The summed E-state index contributed by atoms with van der Waals surface area (Å²) < 4.78 is 1.69. The third-order valence-corrected chi connectivity index (χ3v) is 9.83. The van der Waals surface area contributed by atoms with Gasteiger partial charge in [0.15, 0.2) is 5.82 Å². The highest BCUT2D eigenvalue weighted by Crippen LogP contribution is 2.43. The fourth-order valence-electron chi connectivity index (χ4n) is 7.11. The maximum absolute atomic E-state index is 13.9. The quantitative estimate of drug-likeness (QED) is 0.236. The van der Waals surface area contributed by atoms with Gasteiger partial charge in [-0.05, 0) is 74.2 Å². The number of amides is 2. The van der Waals surface area contributed by atoms with Crippen molar-refractivity contribution in [3.8, 4) is 11.4 Å². The van der Waals surface area contributed by atoms with Crippen LogP contribution < -0.4 is 16.0 Å². The van der Waals surface area contributed by atoms with Crippen LogP contribution in [0, 0.1) is 12.3 Å². The molecule has 4 aromatic rings. The molecule has 2 aromatic heterocycles. The number of nitrogens with zero attached hydrogens (tertiary/aromatic N) is 7. The molecule has 2 aromatic carbocycles. The molecule has 3 aliphatic rings. The van der Waals surface area contributed by atoms with Crippen molar-refractivity contribution in [1.29, 1.82) is 0 Å². The Bertz CT molecular complexity index is 1900. The van der Waals surface area contributed by atoms with Crippen molar-refractivity contribution in [2.75, 3.05) is 49.9 Å². The van der Waals surface area contributed by atoms with E-state index in [-0.39, 0.29) is 11.8 Å². The van der Waals surface area contributed by atoms with Gasteiger partial charge >= 0.3 is 0 Å². The molecule has 2 fully saturated rings. The Hall–Kier alpha value is -5.16. The summed E-state index contributed by atoms with van der Waals surface area (Å²) in [4.78, 5) is 41.8. The number of hydrogen-bond donors (Lipinski definition) is 2. The summed E-state index contributed by atoms with van der Waals surface area (Å²) in [5.74, 6) is 0.924. The van der Waals surface area contributed by atoms with Gasteiger partial charge in [0.1, 0.15) is 6.33 Å². The number of likely N-dealkylation sites (tertiary alicyclic amines) is 1. The number of carbonyl (C=O) groups is 2. The number of nitrogen functional groups attached to an aromatic ring is 1. The molecule has 2 amide bonds. The van der Waals surface area contributed by atoms with E-state index in [9.17, 15) is 9.59 Å². The minimum absolute atomic E-state index is 0.108. The number of pyridine rings is 1. The Balaban J connectivity index is 0.960. The van der Waals surface area contributed by atoms with Gasteiger partial charge < -0.3 is 15.5 Å². The lowest BCUT2D eigenvalue weighted by Gasteiger charge is -2.29. The van der Waals surface area contributed by atoms with Crippen molar-refractivity contribution >= 4 is 34.5 Å². The normalized spacial score (nSPS) is 19.9. The molecule has 47 heavy (non-hydrogen) atoms. The van der Waals surface area contributed by atoms with Crippen LogP contribution in [0.15, 0.2) is 73.2 Å².